The maximum Gasteiger partial charge on any atom is 0.0696 e. The molecule has 0 amide bonds. The standard InChI is InChI=1S/C10H21NO/c1-4-8-5-9(10(12)6-8)11-7(2)3/h7-12H,4-6H2,1-3H3. The van der Waals surface area contributed by atoms with Crippen molar-refractivity contribution in [2.24, 2.45) is 5.92 Å². The van der Waals surface area contributed by atoms with Crippen LogP contribution in [0.2, 0.25) is 0 Å². The van der Waals surface area contributed by atoms with Crippen LogP contribution in [0.25, 0.3) is 0 Å². The highest BCUT2D eigenvalue weighted by molar-refractivity contribution is 4.88. The summed E-state index contributed by atoms with van der Waals surface area (Å²) in [5.74, 6) is 0.733. The lowest BCUT2D eigenvalue weighted by Gasteiger charge is -2.18. The van der Waals surface area contributed by atoms with Crippen LogP contribution in [-0.2, 0) is 0 Å². The van der Waals surface area contributed by atoms with Crippen molar-refractivity contribution >= 4 is 0 Å². The summed E-state index contributed by atoms with van der Waals surface area (Å²) in [6.07, 6.45) is 3.22. The van der Waals surface area contributed by atoms with Crippen LogP contribution in [0.4, 0.5) is 0 Å². The van der Waals surface area contributed by atoms with Crippen molar-refractivity contribution < 1.29 is 5.11 Å². The Balaban J connectivity index is 2.35. The van der Waals surface area contributed by atoms with Gasteiger partial charge in [0.2, 0.25) is 0 Å². The molecule has 2 N–H and O–H groups in total. The maximum atomic E-state index is 9.68. The van der Waals surface area contributed by atoms with Gasteiger partial charge in [-0.05, 0) is 18.8 Å². The van der Waals surface area contributed by atoms with Crippen LogP contribution >= 0.6 is 0 Å². The van der Waals surface area contributed by atoms with E-state index in [0.717, 1.165) is 18.8 Å². The average Bonchev–Trinajstić information content (AvgIpc) is 2.31. The second-order valence-electron chi connectivity index (χ2n) is 4.24. The van der Waals surface area contributed by atoms with Gasteiger partial charge in [-0.1, -0.05) is 27.2 Å². The van der Waals surface area contributed by atoms with Crippen LogP contribution in [0.15, 0.2) is 0 Å². The third-order valence-corrected chi connectivity index (χ3v) is 2.75. The molecule has 0 spiro atoms. The minimum Gasteiger partial charge on any atom is -0.391 e. The lowest BCUT2D eigenvalue weighted by atomic mass is 10.1. The highest BCUT2D eigenvalue weighted by Crippen LogP contribution is 2.28. The van der Waals surface area contributed by atoms with Crippen LogP contribution in [0.3, 0.4) is 0 Å². The molecular formula is C10H21NO. The monoisotopic (exact) mass is 171 g/mol. The molecule has 0 aromatic rings. The minimum absolute atomic E-state index is 0.114. The molecule has 1 saturated carbocycles. The van der Waals surface area contributed by atoms with Gasteiger partial charge in [0.25, 0.3) is 0 Å². The molecule has 1 rings (SSSR count). The van der Waals surface area contributed by atoms with Crippen LogP contribution in [-0.4, -0.2) is 23.3 Å². The van der Waals surface area contributed by atoms with Gasteiger partial charge in [0, 0.05) is 12.1 Å². The SMILES string of the molecule is CCC1CC(O)C(NC(C)C)C1. The van der Waals surface area contributed by atoms with E-state index in [9.17, 15) is 5.11 Å². The van der Waals surface area contributed by atoms with Crippen LogP contribution in [0.1, 0.15) is 40.0 Å². The summed E-state index contributed by atoms with van der Waals surface area (Å²) in [7, 11) is 0. The first-order valence-electron chi connectivity index (χ1n) is 5.07. The smallest absolute Gasteiger partial charge is 0.0696 e. The number of hydrogen-bond acceptors (Lipinski definition) is 2. The van der Waals surface area contributed by atoms with Gasteiger partial charge in [0.05, 0.1) is 6.10 Å². The second kappa shape index (κ2) is 4.24. The average molecular weight is 171 g/mol. The Hall–Kier alpha value is -0.0800. The molecule has 1 fully saturated rings. The summed E-state index contributed by atoms with van der Waals surface area (Å²) in [4.78, 5) is 0. The largest absolute Gasteiger partial charge is 0.391 e. The van der Waals surface area contributed by atoms with E-state index in [1.165, 1.54) is 6.42 Å². The molecule has 0 aromatic carbocycles. The van der Waals surface area contributed by atoms with E-state index in [-0.39, 0.29) is 6.10 Å². The molecule has 0 aliphatic heterocycles. The molecular weight excluding hydrogens is 150 g/mol. The maximum absolute atomic E-state index is 9.68. The van der Waals surface area contributed by atoms with E-state index in [4.69, 9.17) is 0 Å². The summed E-state index contributed by atoms with van der Waals surface area (Å²) in [6.45, 7) is 6.47. The molecule has 0 aromatic heterocycles. The highest BCUT2D eigenvalue weighted by atomic mass is 16.3. The molecule has 1 aliphatic rings. The van der Waals surface area contributed by atoms with E-state index in [0.29, 0.717) is 12.1 Å². The normalized spacial score (nSPS) is 36.2. The predicted molar refractivity (Wildman–Crippen MR) is 51.1 cm³/mol. The van der Waals surface area contributed by atoms with E-state index in [2.05, 4.69) is 26.1 Å². The molecule has 72 valence electrons. The van der Waals surface area contributed by atoms with E-state index < -0.39 is 0 Å². The molecule has 0 radical (unpaired) electrons. The number of hydrogen-bond donors (Lipinski definition) is 2. The highest BCUT2D eigenvalue weighted by Gasteiger charge is 2.31. The van der Waals surface area contributed by atoms with Crippen LogP contribution < -0.4 is 5.32 Å². The second-order valence-corrected chi connectivity index (χ2v) is 4.24. The first-order chi connectivity index (χ1) is 5.63. The number of rotatable bonds is 3. The third kappa shape index (κ3) is 2.46. The van der Waals surface area contributed by atoms with Crippen molar-refractivity contribution in [3.05, 3.63) is 0 Å². The molecule has 2 nitrogen and oxygen atoms in total. The molecule has 12 heavy (non-hydrogen) atoms. The van der Waals surface area contributed by atoms with Gasteiger partial charge in [0.1, 0.15) is 0 Å². The Bertz CT molecular complexity index is 136. The molecule has 3 unspecified atom stereocenters. The first kappa shape index (κ1) is 10.0. The Morgan fingerprint density at radius 2 is 2.08 bits per heavy atom. The topological polar surface area (TPSA) is 32.3 Å². The van der Waals surface area contributed by atoms with Gasteiger partial charge in [0.15, 0.2) is 0 Å². The predicted octanol–water partition coefficient (Wildman–Crippen LogP) is 1.53. The summed E-state index contributed by atoms with van der Waals surface area (Å²) in [6, 6.07) is 0.829. The molecule has 1 aliphatic carbocycles. The van der Waals surface area contributed by atoms with Gasteiger partial charge in [-0.2, -0.15) is 0 Å². The molecule has 3 atom stereocenters. The zero-order valence-corrected chi connectivity index (χ0v) is 8.38. The zero-order chi connectivity index (χ0) is 9.14. The Labute approximate surface area is 75.4 Å². The van der Waals surface area contributed by atoms with E-state index in [1.807, 2.05) is 0 Å². The van der Waals surface area contributed by atoms with Crippen molar-refractivity contribution in [1.82, 2.24) is 5.32 Å². The van der Waals surface area contributed by atoms with Gasteiger partial charge < -0.3 is 10.4 Å². The van der Waals surface area contributed by atoms with Gasteiger partial charge >= 0.3 is 0 Å². The van der Waals surface area contributed by atoms with Gasteiger partial charge in [-0.25, -0.2) is 0 Å². The Morgan fingerprint density at radius 3 is 2.50 bits per heavy atom. The fourth-order valence-corrected chi connectivity index (χ4v) is 2.06. The zero-order valence-electron chi connectivity index (χ0n) is 8.38. The minimum atomic E-state index is -0.114. The lowest BCUT2D eigenvalue weighted by Crippen LogP contribution is -2.39. The van der Waals surface area contributed by atoms with E-state index in [1.54, 1.807) is 0 Å². The molecule has 0 heterocycles. The van der Waals surface area contributed by atoms with Crippen LogP contribution in [0.5, 0.6) is 0 Å². The first-order valence-corrected chi connectivity index (χ1v) is 5.07. The summed E-state index contributed by atoms with van der Waals surface area (Å²) >= 11 is 0. The number of aliphatic hydroxyl groups excluding tert-OH is 1. The Morgan fingerprint density at radius 1 is 1.42 bits per heavy atom. The summed E-state index contributed by atoms with van der Waals surface area (Å²) in [5.41, 5.74) is 0. The van der Waals surface area contributed by atoms with Gasteiger partial charge in [-0.3, -0.25) is 0 Å². The van der Waals surface area contributed by atoms with Crippen molar-refractivity contribution in [3.8, 4) is 0 Å². The Kier molecular flexibility index (Phi) is 3.53. The van der Waals surface area contributed by atoms with E-state index >= 15 is 0 Å². The number of nitrogens with one attached hydrogen (secondary N) is 1. The van der Waals surface area contributed by atoms with Gasteiger partial charge in [-0.15, -0.1) is 0 Å². The number of aliphatic hydroxyl groups is 1. The summed E-state index contributed by atoms with van der Waals surface area (Å²) < 4.78 is 0. The van der Waals surface area contributed by atoms with Crippen molar-refractivity contribution in [1.29, 1.82) is 0 Å². The quantitative estimate of drug-likeness (QED) is 0.675. The molecule has 0 bridgehead atoms. The van der Waals surface area contributed by atoms with Crippen molar-refractivity contribution in [2.75, 3.05) is 0 Å². The fraction of sp³-hybridized carbons (Fsp3) is 1.00. The molecule has 0 saturated heterocycles. The van der Waals surface area contributed by atoms with Crippen molar-refractivity contribution in [2.45, 2.75) is 58.2 Å². The summed E-state index contributed by atoms with van der Waals surface area (Å²) in [5, 5.41) is 13.1. The fourth-order valence-electron chi connectivity index (χ4n) is 2.06. The molecule has 2 heteroatoms. The van der Waals surface area contributed by atoms with Crippen molar-refractivity contribution in [3.63, 3.8) is 0 Å². The lowest BCUT2D eigenvalue weighted by molar-refractivity contribution is 0.143. The third-order valence-electron chi connectivity index (χ3n) is 2.75. The van der Waals surface area contributed by atoms with Crippen LogP contribution in [0, 0.1) is 5.92 Å².